The zero-order valence-electron chi connectivity index (χ0n) is 19.2. The number of carbonyl (C=O) groups excluding carboxylic acids is 1. The highest BCUT2D eigenvalue weighted by Gasteiger charge is 2.36. The van der Waals surface area contributed by atoms with Crippen molar-refractivity contribution in [3.63, 3.8) is 0 Å². The molecule has 0 bridgehead atoms. The molecule has 0 amide bonds. The maximum absolute atomic E-state index is 11.2. The molecule has 170 valence electrons. The standard InChI is InChI=1S/C26H36O5/c1-19(23(27)17-21-12-7-6-8-13-21)15-16-22-18-24(31-26(3,4)30-22)20(2)11-9-10-14-25(28)29-5/h6-16,19-20,22-24,27H,17-18H2,1-5H3/b11-9+,14-10-,16-15-/t19-,20+,22-,23+,24-/m0/s1. The van der Waals surface area contributed by atoms with Gasteiger partial charge in [-0.3, -0.25) is 0 Å². The lowest BCUT2D eigenvalue weighted by atomic mass is 9.94. The van der Waals surface area contributed by atoms with Crippen LogP contribution in [0.4, 0.5) is 0 Å². The number of allylic oxidation sites excluding steroid dienone is 2. The van der Waals surface area contributed by atoms with E-state index in [2.05, 4.69) is 11.7 Å². The minimum Gasteiger partial charge on any atom is -0.466 e. The molecule has 1 aliphatic heterocycles. The largest absolute Gasteiger partial charge is 0.466 e. The van der Waals surface area contributed by atoms with Crippen molar-refractivity contribution in [1.82, 2.24) is 0 Å². The number of benzene rings is 1. The molecule has 1 aromatic rings. The molecule has 0 unspecified atom stereocenters. The molecule has 0 radical (unpaired) electrons. The molecule has 1 N–H and O–H groups in total. The fourth-order valence-electron chi connectivity index (χ4n) is 3.56. The molecule has 5 heteroatoms. The molecule has 1 aromatic carbocycles. The molecule has 31 heavy (non-hydrogen) atoms. The zero-order chi connectivity index (χ0) is 22.9. The second kappa shape index (κ2) is 12.0. The number of esters is 1. The molecule has 0 aliphatic carbocycles. The maximum Gasteiger partial charge on any atom is 0.330 e. The van der Waals surface area contributed by atoms with Gasteiger partial charge in [-0.1, -0.05) is 74.6 Å². The number of hydrogen-bond donors (Lipinski definition) is 1. The summed E-state index contributed by atoms with van der Waals surface area (Å²) in [5.41, 5.74) is 1.13. The van der Waals surface area contributed by atoms with Gasteiger partial charge in [0.1, 0.15) is 0 Å². The summed E-state index contributed by atoms with van der Waals surface area (Å²) in [4.78, 5) is 11.2. The second-order valence-corrected chi connectivity index (χ2v) is 8.58. The van der Waals surface area contributed by atoms with Crippen molar-refractivity contribution in [3.8, 4) is 0 Å². The van der Waals surface area contributed by atoms with Gasteiger partial charge in [0.25, 0.3) is 0 Å². The Morgan fingerprint density at radius 3 is 2.58 bits per heavy atom. The first-order valence-corrected chi connectivity index (χ1v) is 10.9. The maximum atomic E-state index is 11.2. The van der Waals surface area contributed by atoms with Gasteiger partial charge in [0, 0.05) is 24.3 Å². The van der Waals surface area contributed by atoms with E-state index < -0.39 is 11.9 Å². The summed E-state index contributed by atoms with van der Waals surface area (Å²) in [6, 6.07) is 10.0. The van der Waals surface area contributed by atoms with Crippen LogP contribution >= 0.6 is 0 Å². The van der Waals surface area contributed by atoms with Crippen LogP contribution in [0.5, 0.6) is 0 Å². The van der Waals surface area contributed by atoms with E-state index in [1.165, 1.54) is 13.2 Å². The van der Waals surface area contributed by atoms with Crippen molar-refractivity contribution in [2.24, 2.45) is 11.8 Å². The van der Waals surface area contributed by atoms with E-state index in [-0.39, 0.29) is 30.0 Å². The Kier molecular flexibility index (Phi) is 9.69. The summed E-state index contributed by atoms with van der Waals surface area (Å²) in [5, 5.41) is 10.6. The summed E-state index contributed by atoms with van der Waals surface area (Å²) in [6.07, 6.45) is 11.7. The molecular weight excluding hydrogens is 392 g/mol. The molecule has 5 atom stereocenters. The van der Waals surface area contributed by atoms with Crippen LogP contribution in [0.15, 0.2) is 66.8 Å². The normalized spacial score (nSPS) is 24.5. The molecule has 1 aliphatic rings. The predicted molar refractivity (Wildman–Crippen MR) is 122 cm³/mol. The fraction of sp³-hybridized carbons (Fsp3) is 0.500. The Morgan fingerprint density at radius 2 is 1.90 bits per heavy atom. The van der Waals surface area contributed by atoms with Crippen molar-refractivity contribution in [2.75, 3.05) is 7.11 Å². The average Bonchev–Trinajstić information content (AvgIpc) is 2.74. The van der Waals surface area contributed by atoms with E-state index in [0.717, 1.165) is 5.56 Å². The van der Waals surface area contributed by atoms with Crippen molar-refractivity contribution in [1.29, 1.82) is 0 Å². The Labute approximate surface area is 186 Å². The minimum absolute atomic E-state index is 0.00833. The number of ether oxygens (including phenoxy) is 3. The molecule has 0 spiro atoms. The molecule has 2 rings (SSSR count). The third-order valence-electron chi connectivity index (χ3n) is 5.40. The highest BCUT2D eigenvalue weighted by molar-refractivity contribution is 5.82. The predicted octanol–water partition coefficient (Wildman–Crippen LogP) is 4.61. The first kappa shape index (κ1) is 25.1. The van der Waals surface area contributed by atoms with Crippen LogP contribution < -0.4 is 0 Å². The van der Waals surface area contributed by atoms with E-state index in [1.807, 2.05) is 75.4 Å². The first-order valence-electron chi connectivity index (χ1n) is 10.9. The van der Waals surface area contributed by atoms with E-state index in [1.54, 1.807) is 6.08 Å². The number of methoxy groups -OCH3 is 1. The second-order valence-electron chi connectivity index (χ2n) is 8.58. The third-order valence-corrected chi connectivity index (χ3v) is 5.40. The summed E-state index contributed by atoms with van der Waals surface area (Å²) >= 11 is 0. The molecule has 0 aromatic heterocycles. The van der Waals surface area contributed by atoms with E-state index in [9.17, 15) is 9.90 Å². The zero-order valence-corrected chi connectivity index (χ0v) is 19.2. The van der Waals surface area contributed by atoms with Crippen molar-refractivity contribution >= 4 is 5.97 Å². The van der Waals surface area contributed by atoms with Crippen LogP contribution in [0, 0.1) is 11.8 Å². The van der Waals surface area contributed by atoms with Gasteiger partial charge in [-0.25, -0.2) is 4.79 Å². The molecule has 1 heterocycles. The third kappa shape index (κ3) is 8.82. The van der Waals surface area contributed by atoms with Crippen LogP contribution in [0.2, 0.25) is 0 Å². The smallest absolute Gasteiger partial charge is 0.330 e. The highest BCUT2D eigenvalue weighted by Crippen LogP contribution is 2.31. The molecule has 5 nitrogen and oxygen atoms in total. The summed E-state index contributed by atoms with van der Waals surface area (Å²) in [7, 11) is 1.35. The minimum atomic E-state index is -0.701. The number of aliphatic hydroxyl groups excluding tert-OH is 1. The van der Waals surface area contributed by atoms with Crippen LogP contribution in [0.3, 0.4) is 0 Å². The Morgan fingerprint density at radius 1 is 1.19 bits per heavy atom. The van der Waals surface area contributed by atoms with Crippen LogP contribution in [-0.4, -0.2) is 42.3 Å². The van der Waals surface area contributed by atoms with E-state index in [0.29, 0.717) is 12.8 Å². The van der Waals surface area contributed by atoms with Crippen LogP contribution in [0.25, 0.3) is 0 Å². The Balaban J connectivity index is 1.95. The lowest BCUT2D eigenvalue weighted by Gasteiger charge is -2.41. The van der Waals surface area contributed by atoms with Gasteiger partial charge in [0.2, 0.25) is 0 Å². The lowest BCUT2D eigenvalue weighted by molar-refractivity contribution is -0.295. The van der Waals surface area contributed by atoms with Crippen LogP contribution in [0.1, 0.15) is 39.7 Å². The first-order chi connectivity index (χ1) is 14.7. The van der Waals surface area contributed by atoms with Crippen molar-refractivity contribution in [3.05, 3.63) is 72.4 Å². The van der Waals surface area contributed by atoms with E-state index in [4.69, 9.17) is 9.47 Å². The van der Waals surface area contributed by atoms with Crippen molar-refractivity contribution in [2.45, 2.75) is 64.6 Å². The van der Waals surface area contributed by atoms with Gasteiger partial charge in [-0.2, -0.15) is 0 Å². The fourth-order valence-corrected chi connectivity index (χ4v) is 3.56. The lowest BCUT2D eigenvalue weighted by Crippen LogP contribution is -2.46. The van der Waals surface area contributed by atoms with Gasteiger partial charge in [-0.15, -0.1) is 0 Å². The average molecular weight is 429 g/mol. The van der Waals surface area contributed by atoms with Crippen LogP contribution in [-0.2, 0) is 25.4 Å². The monoisotopic (exact) mass is 428 g/mol. The van der Waals surface area contributed by atoms with Gasteiger partial charge in [-0.05, 0) is 25.8 Å². The van der Waals surface area contributed by atoms with Gasteiger partial charge in [0.15, 0.2) is 5.79 Å². The molecule has 0 saturated carbocycles. The Bertz CT molecular complexity index is 765. The molecule has 1 fully saturated rings. The van der Waals surface area contributed by atoms with Crippen molar-refractivity contribution < 1.29 is 24.1 Å². The molecule has 1 saturated heterocycles. The number of aliphatic hydroxyl groups is 1. The Hall–Kier alpha value is -2.21. The molecular formula is C26H36O5. The number of hydrogen-bond acceptors (Lipinski definition) is 5. The van der Waals surface area contributed by atoms with Gasteiger partial charge < -0.3 is 19.3 Å². The number of rotatable bonds is 9. The van der Waals surface area contributed by atoms with Gasteiger partial charge in [0.05, 0.1) is 25.4 Å². The summed E-state index contributed by atoms with van der Waals surface area (Å²) in [5.74, 6) is -0.931. The van der Waals surface area contributed by atoms with Gasteiger partial charge >= 0.3 is 5.97 Å². The topological polar surface area (TPSA) is 65.0 Å². The number of carbonyl (C=O) groups is 1. The SMILES string of the molecule is COC(=O)/C=C\C=C\[C@@H](C)[C@@H]1C[C@H](/C=C\[C@H](C)[C@H](O)Cc2ccccc2)OC(C)(C)O1. The highest BCUT2D eigenvalue weighted by atomic mass is 16.7. The summed E-state index contributed by atoms with van der Waals surface area (Å²) < 4.78 is 16.8. The summed E-state index contributed by atoms with van der Waals surface area (Å²) in [6.45, 7) is 7.94. The quantitative estimate of drug-likeness (QED) is 0.269. The van der Waals surface area contributed by atoms with E-state index >= 15 is 0 Å².